The number of rotatable bonds is 2. The van der Waals surface area contributed by atoms with Crippen molar-refractivity contribution in [3.63, 3.8) is 0 Å². The quantitative estimate of drug-likeness (QED) is 0.864. The van der Waals surface area contributed by atoms with Crippen molar-refractivity contribution in [1.29, 1.82) is 0 Å². The minimum absolute atomic E-state index is 0.0912. The lowest BCUT2D eigenvalue weighted by Gasteiger charge is -2.38. The summed E-state index contributed by atoms with van der Waals surface area (Å²) in [5.74, 6) is 0.203. The molecule has 0 aromatic heterocycles. The van der Waals surface area contributed by atoms with Crippen molar-refractivity contribution in [2.75, 3.05) is 0 Å². The lowest BCUT2D eigenvalue weighted by molar-refractivity contribution is -0.0230. The molecule has 0 saturated carbocycles. The molecule has 1 fully saturated rings. The fourth-order valence-electron chi connectivity index (χ4n) is 3.01. The van der Waals surface area contributed by atoms with Gasteiger partial charge in [-0.3, -0.25) is 0 Å². The highest BCUT2D eigenvalue weighted by molar-refractivity contribution is 6.62. The average molecular weight is 296 g/mol. The topological polar surface area (TPSA) is 38.7 Å². The molecule has 2 aromatic rings. The van der Waals surface area contributed by atoms with Crippen LogP contribution in [-0.4, -0.2) is 23.9 Å². The van der Waals surface area contributed by atoms with Crippen LogP contribution in [0, 0.1) is 0 Å². The summed E-state index contributed by atoms with van der Waals surface area (Å²) in [6, 6.07) is 15.6. The first-order valence-corrected chi connectivity index (χ1v) is 7.66. The predicted molar refractivity (Wildman–Crippen MR) is 89.3 cm³/mol. The zero-order valence-corrected chi connectivity index (χ0v) is 13.2. The Kier molecular flexibility index (Phi) is 3.98. The molecule has 1 aliphatic rings. The minimum Gasteiger partial charge on any atom is -0.508 e. The van der Waals surface area contributed by atoms with Crippen molar-refractivity contribution in [2.45, 2.75) is 38.9 Å². The molecule has 1 saturated heterocycles. The van der Waals surface area contributed by atoms with Gasteiger partial charge < -0.3 is 14.4 Å². The van der Waals surface area contributed by atoms with Crippen LogP contribution in [0.2, 0.25) is 0 Å². The van der Waals surface area contributed by atoms with Gasteiger partial charge in [-0.15, -0.1) is 0 Å². The summed E-state index contributed by atoms with van der Waals surface area (Å²) in [5, 5.41) is 10.2. The van der Waals surface area contributed by atoms with Crippen molar-refractivity contribution >= 4 is 12.6 Å². The van der Waals surface area contributed by atoms with Gasteiger partial charge >= 0.3 is 7.12 Å². The molecule has 22 heavy (non-hydrogen) atoms. The van der Waals surface area contributed by atoms with Gasteiger partial charge in [-0.05, 0) is 44.4 Å². The minimum atomic E-state index is -0.539. The van der Waals surface area contributed by atoms with Crippen molar-refractivity contribution < 1.29 is 14.4 Å². The molecule has 0 unspecified atom stereocenters. The van der Waals surface area contributed by atoms with E-state index < -0.39 is 7.12 Å². The number of benzene rings is 2. The van der Waals surface area contributed by atoms with Crippen LogP contribution in [0.4, 0.5) is 0 Å². The van der Waals surface area contributed by atoms with E-state index in [0.717, 1.165) is 17.5 Å². The third-order valence-electron chi connectivity index (χ3n) is 3.95. The van der Waals surface area contributed by atoms with Crippen molar-refractivity contribution in [1.82, 2.24) is 0 Å². The van der Waals surface area contributed by atoms with Crippen molar-refractivity contribution in [3.8, 4) is 16.9 Å². The van der Waals surface area contributed by atoms with Gasteiger partial charge in [-0.1, -0.05) is 42.5 Å². The molecular formula is C18H21BO3. The molecule has 114 valence electrons. The number of phenolic OH excluding ortho intramolecular Hbond substituents is 1. The first kappa shape index (κ1) is 15.1. The molecule has 3 rings (SSSR count). The Labute approximate surface area is 132 Å². The van der Waals surface area contributed by atoms with E-state index in [9.17, 15) is 5.11 Å². The fraction of sp³-hybridized carbons (Fsp3) is 0.333. The maximum Gasteiger partial charge on any atom is 0.498 e. The highest BCUT2D eigenvalue weighted by Crippen LogP contribution is 2.28. The summed E-state index contributed by atoms with van der Waals surface area (Å²) >= 11 is 0. The monoisotopic (exact) mass is 296 g/mol. The standard InChI is InChI=1S/C18H21BO3/c1-13-12-18(2,3)22-19(21-13)16-11-15(9-10-17(16)20)14-7-5-4-6-8-14/h4-11,13,20H,12H2,1-3H3/t13-/m0/s1. The summed E-state index contributed by atoms with van der Waals surface area (Å²) < 4.78 is 11.9. The fourth-order valence-corrected chi connectivity index (χ4v) is 3.01. The Morgan fingerprint density at radius 1 is 1.09 bits per heavy atom. The Balaban J connectivity index is 1.96. The van der Waals surface area contributed by atoms with E-state index in [1.165, 1.54) is 0 Å². The van der Waals surface area contributed by atoms with Crippen LogP contribution >= 0.6 is 0 Å². The van der Waals surface area contributed by atoms with Gasteiger partial charge in [0.05, 0.1) is 5.60 Å². The first-order valence-electron chi connectivity index (χ1n) is 7.66. The van der Waals surface area contributed by atoms with E-state index in [0.29, 0.717) is 5.46 Å². The second-order valence-corrected chi connectivity index (χ2v) is 6.50. The van der Waals surface area contributed by atoms with E-state index in [1.54, 1.807) is 6.07 Å². The third-order valence-corrected chi connectivity index (χ3v) is 3.95. The first-order chi connectivity index (χ1) is 10.4. The Bertz CT molecular complexity index is 655. The summed E-state index contributed by atoms with van der Waals surface area (Å²) in [6.45, 7) is 6.14. The maximum atomic E-state index is 10.2. The van der Waals surface area contributed by atoms with Gasteiger partial charge in [0.25, 0.3) is 0 Å². The molecular weight excluding hydrogens is 275 g/mol. The van der Waals surface area contributed by atoms with Crippen LogP contribution in [0.1, 0.15) is 27.2 Å². The largest absolute Gasteiger partial charge is 0.508 e. The van der Waals surface area contributed by atoms with E-state index >= 15 is 0 Å². The van der Waals surface area contributed by atoms with Gasteiger partial charge in [0.2, 0.25) is 0 Å². The molecule has 1 aliphatic heterocycles. The number of phenols is 1. The predicted octanol–water partition coefficient (Wildman–Crippen LogP) is 3.36. The Hall–Kier alpha value is -1.78. The van der Waals surface area contributed by atoms with Crippen LogP contribution in [0.3, 0.4) is 0 Å². The summed E-state index contributed by atoms with van der Waals surface area (Å²) in [5.41, 5.74) is 2.56. The molecule has 1 atom stereocenters. The molecule has 1 heterocycles. The van der Waals surface area contributed by atoms with Crippen molar-refractivity contribution in [3.05, 3.63) is 48.5 Å². The van der Waals surface area contributed by atoms with Crippen LogP contribution in [0.15, 0.2) is 48.5 Å². The van der Waals surface area contributed by atoms with E-state index in [1.807, 2.05) is 49.4 Å². The smallest absolute Gasteiger partial charge is 0.498 e. The zero-order valence-electron chi connectivity index (χ0n) is 13.2. The van der Waals surface area contributed by atoms with E-state index in [4.69, 9.17) is 9.31 Å². The van der Waals surface area contributed by atoms with Crippen molar-refractivity contribution in [2.24, 2.45) is 0 Å². The third kappa shape index (κ3) is 3.18. The normalized spacial score (nSPS) is 20.9. The Morgan fingerprint density at radius 3 is 2.50 bits per heavy atom. The van der Waals surface area contributed by atoms with E-state index in [-0.39, 0.29) is 17.5 Å². The van der Waals surface area contributed by atoms with Gasteiger partial charge in [0.1, 0.15) is 5.75 Å². The molecule has 0 radical (unpaired) electrons. The number of hydrogen-bond acceptors (Lipinski definition) is 3. The van der Waals surface area contributed by atoms with Crippen LogP contribution in [0.5, 0.6) is 5.75 Å². The Morgan fingerprint density at radius 2 is 1.82 bits per heavy atom. The summed E-state index contributed by atoms with van der Waals surface area (Å²) in [4.78, 5) is 0. The molecule has 0 aliphatic carbocycles. The van der Waals surface area contributed by atoms with Crippen LogP contribution in [-0.2, 0) is 9.31 Å². The summed E-state index contributed by atoms with van der Waals surface area (Å²) in [7, 11) is -0.539. The molecule has 0 amide bonds. The van der Waals surface area contributed by atoms with Gasteiger partial charge in [0.15, 0.2) is 0 Å². The zero-order chi connectivity index (χ0) is 15.7. The highest BCUT2D eigenvalue weighted by Gasteiger charge is 2.39. The SMILES string of the molecule is C[C@H]1CC(C)(C)OB(c2cc(-c3ccccc3)ccc2O)O1. The highest BCUT2D eigenvalue weighted by atomic mass is 16.6. The van der Waals surface area contributed by atoms with E-state index in [2.05, 4.69) is 13.8 Å². The van der Waals surface area contributed by atoms with Gasteiger partial charge in [0, 0.05) is 11.6 Å². The van der Waals surface area contributed by atoms with Gasteiger partial charge in [-0.25, -0.2) is 0 Å². The second-order valence-electron chi connectivity index (χ2n) is 6.50. The number of hydrogen-bond donors (Lipinski definition) is 1. The molecule has 0 spiro atoms. The van der Waals surface area contributed by atoms with Crippen LogP contribution in [0.25, 0.3) is 11.1 Å². The summed E-state index contributed by atoms with van der Waals surface area (Å²) in [6.07, 6.45) is 0.927. The molecule has 2 aromatic carbocycles. The van der Waals surface area contributed by atoms with Gasteiger partial charge in [-0.2, -0.15) is 0 Å². The lowest BCUT2D eigenvalue weighted by Crippen LogP contribution is -2.51. The average Bonchev–Trinajstić information content (AvgIpc) is 2.46. The molecule has 4 heteroatoms. The maximum absolute atomic E-state index is 10.2. The molecule has 3 nitrogen and oxygen atoms in total. The lowest BCUT2D eigenvalue weighted by atomic mass is 9.73. The van der Waals surface area contributed by atoms with Crippen LogP contribution < -0.4 is 5.46 Å². The molecule has 1 N–H and O–H groups in total. The molecule has 0 bridgehead atoms. The number of aromatic hydroxyl groups is 1. The second kappa shape index (κ2) is 5.78.